The van der Waals surface area contributed by atoms with E-state index in [1.54, 1.807) is 0 Å². The van der Waals surface area contributed by atoms with Crippen molar-refractivity contribution in [3.05, 3.63) is 0 Å². The van der Waals surface area contributed by atoms with Crippen molar-refractivity contribution in [1.29, 1.82) is 0 Å². The van der Waals surface area contributed by atoms with Crippen LogP contribution < -0.4 is 7.52 Å². The van der Waals surface area contributed by atoms with Gasteiger partial charge in [-0.25, -0.2) is 0 Å². The number of hydrogen-bond donors (Lipinski definition) is 0. The molecule has 0 aliphatic heterocycles. The Kier molecular flexibility index (Phi) is 17.6. The molecule has 0 radical (unpaired) electrons. The summed E-state index contributed by atoms with van der Waals surface area (Å²) in [7, 11) is 0. The van der Waals surface area contributed by atoms with Crippen molar-refractivity contribution in [2.45, 2.75) is 55.4 Å². The fourth-order valence-electron chi connectivity index (χ4n) is 2.68. The van der Waals surface area contributed by atoms with Crippen LogP contribution in [0.15, 0.2) is 0 Å². The Balaban J connectivity index is -0.000000273. The molecule has 0 amide bonds. The van der Waals surface area contributed by atoms with Crippen LogP contribution in [0.5, 0.6) is 0 Å². The molecule has 7 heteroatoms. The van der Waals surface area contributed by atoms with Gasteiger partial charge < -0.3 is 8.97 Å². The van der Waals surface area contributed by atoms with Crippen LogP contribution >= 0.6 is 0 Å². The second-order valence-corrected chi connectivity index (χ2v) is 7.63. The number of quaternary nitrogens is 2. The van der Waals surface area contributed by atoms with Crippen molar-refractivity contribution < 1.29 is 40.0 Å². The van der Waals surface area contributed by atoms with Crippen molar-refractivity contribution in [2.24, 2.45) is 0 Å². The third kappa shape index (κ3) is 15.4. The van der Waals surface area contributed by atoms with Gasteiger partial charge in [-0.15, -0.1) is 0 Å². The first-order chi connectivity index (χ1) is 10.5. The van der Waals surface area contributed by atoms with Gasteiger partial charge in [-0.05, 0) is 55.4 Å². The molecule has 0 aliphatic rings. The predicted octanol–water partition coefficient (Wildman–Crippen LogP) is 1.15. The second kappa shape index (κ2) is 14.5. The third-order valence-electron chi connectivity index (χ3n) is 5.37. The summed E-state index contributed by atoms with van der Waals surface area (Å²) < 4.78 is 37.1. The monoisotopic (exact) mass is 422 g/mol. The maximum atomic E-state index is 8.63. The van der Waals surface area contributed by atoms with E-state index in [-0.39, 0.29) is 0 Å². The van der Waals surface area contributed by atoms with Crippen LogP contribution in [0.3, 0.4) is 0 Å². The van der Waals surface area contributed by atoms with Gasteiger partial charge in [-0.1, -0.05) is 0 Å². The third-order valence-corrected chi connectivity index (χ3v) is 5.37. The van der Waals surface area contributed by atoms with Crippen LogP contribution in [0.1, 0.15) is 55.4 Å². The molecule has 23 heavy (non-hydrogen) atoms. The van der Waals surface area contributed by atoms with Gasteiger partial charge in [0.2, 0.25) is 0 Å². The molecule has 144 valence electrons. The second-order valence-electron chi connectivity index (χ2n) is 5.62. The quantitative estimate of drug-likeness (QED) is 0.436. The molecule has 0 atom stereocenters. The molecular weight excluding hydrogens is 380 g/mol. The fraction of sp³-hybridized carbons (Fsp3) is 1.00. The number of nitrogens with zero attached hydrogens (tertiary/aromatic N) is 2. The van der Waals surface area contributed by atoms with E-state index in [1.807, 2.05) is 0 Å². The summed E-state index contributed by atoms with van der Waals surface area (Å²) in [4.78, 5) is 0. The van der Waals surface area contributed by atoms with E-state index in [0.29, 0.717) is 0 Å². The molecule has 0 fully saturated rings. The molecule has 0 aromatic carbocycles. The number of hydrogen-bond acceptors (Lipinski definition) is 4. The molecule has 0 rings (SSSR count). The van der Waals surface area contributed by atoms with Crippen LogP contribution in [0.25, 0.3) is 0 Å². The van der Waals surface area contributed by atoms with E-state index >= 15 is 0 Å². The molecular formula is C16H40MoN2O4. The van der Waals surface area contributed by atoms with Crippen molar-refractivity contribution in [1.82, 2.24) is 0 Å². The topological polar surface area (TPSA) is 80.3 Å². The summed E-state index contributed by atoms with van der Waals surface area (Å²) in [6, 6.07) is 0. The van der Waals surface area contributed by atoms with Crippen molar-refractivity contribution in [2.75, 3.05) is 52.4 Å². The van der Waals surface area contributed by atoms with Crippen LogP contribution in [0.2, 0.25) is 0 Å². The first-order valence-electron chi connectivity index (χ1n) is 8.85. The van der Waals surface area contributed by atoms with Crippen LogP contribution in [-0.2, 0) is 23.5 Å². The van der Waals surface area contributed by atoms with Crippen molar-refractivity contribution >= 4 is 0 Å². The average molecular weight is 420 g/mol. The van der Waals surface area contributed by atoms with Crippen LogP contribution in [-0.4, -0.2) is 61.3 Å². The van der Waals surface area contributed by atoms with Gasteiger partial charge in [0.05, 0.1) is 52.4 Å². The predicted molar refractivity (Wildman–Crippen MR) is 86.2 cm³/mol. The van der Waals surface area contributed by atoms with E-state index in [4.69, 9.17) is 14.3 Å². The summed E-state index contributed by atoms with van der Waals surface area (Å²) in [5.74, 6) is 0. The Morgan fingerprint density at radius 3 is 0.609 bits per heavy atom. The Morgan fingerprint density at radius 1 is 0.522 bits per heavy atom. The molecule has 0 saturated carbocycles. The molecule has 0 aromatic rings. The van der Waals surface area contributed by atoms with Gasteiger partial charge in [0.1, 0.15) is 0 Å². The zero-order chi connectivity index (χ0) is 19.2. The van der Waals surface area contributed by atoms with E-state index < -0.39 is 16.7 Å². The molecule has 0 saturated heterocycles. The SMILES string of the molecule is CC[N+](CC)(CC)CC.CC[N+](CC)(CC)CC.[O]=[Mo](=[O])([O-])[O-]. The van der Waals surface area contributed by atoms with Gasteiger partial charge in [0, 0.05) is 0 Å². The van der Waals surface area contributed by atoms with Gasteiger partial charge in [0.15, 0.2) is 0 Å². The Labute approximate surface area is 148 Å². The van der Waals surface area contributed by atoms with E-state index in [0.717, 1.165) is 0 Å². The van der Waals surface area contributed by atoms with Gasteiger partial charge in [-0.2, -0.15) is 0 Å². The number of rotatable bonds is 8. The zero-order valence-electron chi connectivity index (χ0n) is 16.6. The summed E-state index contributed by atoms with van der Waals surface area (Å²) in [6.45, 7) is 28.4. The summed E-state index contributed by atoms with van der Waals surface area (Å²) >= 11 is -6.02. The molecule has 0 heterocycles. The van der Waals surface area contributed by atoms with E-state index in [2.05, 4.69) is 55.4 Å². The molecule has 0 aliphatic carbocycles. The van der Waals surface area contributed by atoms with Crippen LogP contribution in [0, 0.1) is 0 Å². The first-order valence-corrected chi connectivity index (χ1v) is 12.1. The Morgan fingerprint density at radius 2 is 0.609 bits per heavy atom. The minimum absolute atomic E-state index is 1.28. The Bertz CT molecular complexity index is 288. The maximum absolute atomic E-state index is 8.63. The minimum atomic E-state index is -6.02. The Hall–Kier alpha value is 0.128. The summed E-state index contributed by atoms with van der Waals surface area (Å²) in [5.41, 5.74) is 0. The average Bonchev–Trinajstić information content (AvgIpc) is 2.52. The summed E-state index contributed by atoms with van der Waals surface area (Å²) in [5, 5.41) is 0. The zero-order valence-corrected chi connectivity index (χ0v) is 18.6. The molecule has 0 unspecified atom stereocenters. The van der Waals surface area contributed by atoms with Crippen molar-refractivity contribution in [3.8, 4) is 0 Å². The molecule has 0 aromatic heterocycles. The molecule has 0 bridgehead atoms. The molecule has 6 nitrogen and oxygen atoms in total. The first kappa shape index (κ1) is 28.0. The molecule has 0 N–H and O–H groups in total. The van der Waals surface area contributed by atoms with Gasteiger partial charge >= 0.3 is 31.1 Å². The van der Waals surface area contributed by atoms with Gasteiger partial charge in [0.25, 0.3) is 0 Å². The normalized spacial score (nSPS) is 11.9. The van der Waals surface area contributed by atoms with E-state index in [1.165, 1.54) is 61.3 Å². The van der Waals surface area contributed by atoms with Crippen molar-refractivity contribution in [3.63, 3.8) is 0 Å². The van der Waals surface area contributed by atoms with Gasteiger partial charge in [-0.3, -0.25) is 0 Å². The standard InChI is InChI=1S/2C8H20N.Mo.4O/c2*1-5-9(6-2,7-3)8-4;;;;;/h2*5-8H2,1-4H3;;;;;/q2*+1;;;;2*-1. The molecule has 0 spiro atoms. The summed E-state index contributed by atoms with van der Waals surface area (Å²) in [6.07, 6.45) is 0. The van der Waals surface area contributed by atoms with E-state index in [9.17, 15) is 0 Å². The fourth-order valence-corrected chi connectivity index (χ4v) is 2.68. The van der Waals surface area contributed by atoms with Crippen LogP contribution in [0.4, 0.5) is 0 Å².